The number of aryl methyl sites for hydroxylation is 4. The number of aromatic amines is 1. The van der Waals surface area contributed by atoms with Gasteiger partial charge in [-0.05, 0) is 39.3 Å². The summed E-state index contributed by atoms with van der Waals surface area (Å²) in [5.41, 5.74) is 6.40. The first-order valence-corrected chi connectivity index (χ1v) is 9.10. The smallest absolute Gasteiger partial charge is 0.252 e. The van der Waals surface area contributed by atoms with E-state index in [0.29, 0.717) is 17.6 Å². The van der Waals surface area contributed by atoms with Crippen LogP contribution < -0.4 is 10.9 Å². The van der Waals surface area contributed by atoms with Crippen LogP contribution in [0, 0.1) is 27.7 Å². The number of anilines is 2. The Labute approximate surface area is 162 Å². The lowest BCUT2D eigenvalue weighted by molar-refractivity contribution is 1.08. The fourth-order valence-electron chi connectivity index (χ4n) is 3.29. The first-order chi connectivity index (χ1) is 13.4. The van der Waals surface area contributed by atoms with E-state index in [1.54, 1.807) is 0 Å². The maximum Gasteiger partial charge on any atom is 0.252 e. The second kappa shape index (κ2) is 6.88. The van der Waals surface area contributed by atoms with E-state index in [4.69, 9.17) is 0 Å². The van der Waals surface area contributed by atoms with Gasteiger partial charge < -0.3 is 0 Å². The lowest BCUT2D eigenvalue weighted by Gasteiger charge is -2.10. The van der Waals surface area contributed by atoms with Crippen LogP contribution in [-0.2, 0) is 0 Å². The lowest BCUT2D eigenvalue weighted by Crippen LogP contribution is -2.12. The van der Waals surface area contributed by atoms with Gasteiger partial charge in [0.25, 0.3) is 5.56 Å². The van der Waals surface area contributed by atoms with E-state index >= 15 is 0 Å². The molecule has 0 aliphatic carbocycles. The van der Waals surface area contributed by atoms with E-state index < -0.39 is 0 Å². The summed E-state index contributed by atoms with van der Waals surface area (Å²) in [5, 5.41) is 4.08. The van der Waals surface area contributed by atoms with Crippen LogP contribution in [-0.4, -0.2) is 19.9 Å². The maximum atomic E-state index is 12.1. The molecule has 6 heteroatoms. The minimum atomic E-state index is -0.239. The van der Waals surface area contributed by atoms with Crippen LogP contribution in [0.3, 0.4) is 0 Å². The molecule has 0 spiro atoms. The van der Waals surface area contributed by atoms with Crippen molar-refractivity contribution in [2.75, 3.05) is 5.32 Å². The number of aromatic nitrogens is 4. The van der Waals surface area contributed by atoms with Gasteiger partial charge in [-0.3, -0.25) is 15.1 Å². The van der Waals surface area contributed by atoms with Crippen molar-refractivity contribution in [2.45, 2.75) is 27.7 Å². The van der Waals surface area contributed by atoms with Crippen LogP contribution in [0.5, 0.6) is 0 Å². The molecule has 2 heterocycles. The number of nitrogens with zero attached hydrogens (tertiary/aromatic N) is 3. The predicted octanol–water partition coefficient (Wildman–Crippen LogP) is 4.36. The fraction of sp³-hybridized carbons (Fsp3) is 0.182. The molecular formula is C22H21N5O. The monoisotopic (exact) mass is 371 g/mol. The van der Waals surface area contributed by atoms with Crippen molar-refractivity contribution in [2.24, 2.45) is 0 Å². The molecule has 0 atom stereocenters. The van der Waals surface area contributed by atoms with Crippen LogP contribution in [0.25, 0.3) is 22.2 Å². The van der Waals surface area contributed by atoms with Gasteiger partial charge in [-0.25, -0.2) is 15.0 Å². The van der Waals surface area contributed by atoms with Crippen LogP contribution >= 0.6 is 0 Å². The summed E-state index contributed by atoms with van der Waals surface area (Å²) in [6.45, 7) is 8.06. The average Bonchev–Trinajstić information content (AvgIpc) is 2.63. The Kier molecular flexibility index (Phi) is 4.39. The van der Waals surface area contributed by atoms with E-state index in [1.165, 1.54) is 11.6 Å². The molecule has 0 saturated carbocycles. The lowest BCUT2D eigenvalue weighted by atomic mass is 10.1. The van der Waals surface area contributed by atoms with Gasteiger partial charge >= 0.3 is 0 Å². The molecular weight excluding hydrogens is 350 g/mol. The zero-order chi connectivity index (χ0) is 19.8. The molecule has 2 aromatic heterocycles. The molecule has 0 radical (unpaired) electrons. The molecule has 0 saturated heterocycles. The molecule has 0 aliphatic rings. The standard InChI is InChI=1S/C22H21N5O/c1-12-5-7-16(8-6-12)18-11-19(28)25-22(24-18)27-21-23-15(4)17-10-13(2)9-14(3)20(17)26-21/h5-11H,1-4H3,(H2,23,24,25,26,27,28). The van der Waals surface area contributed by atoms with Crippen molar-refractivity contribution in [3.8, 4) is 11.3 Å². The minimum Gasteiger partial charge on any atom is -0.294 e. The number of hydrogen-bond donors (Lipinski definition) is 2. The molecule has 4 rings (SSSR count). The molecule has 0 unspecified atom stereocenters. The van der Waals surface area contributed by atoms with Crippen molar-refractivity contribution in [1.29, 1.82) is 0 Å². The summed E-state index contributed by atoms with van der Waals surface area (Å²) >= 11 is 0. The third-order valence-electron chi connectivity index (χ3n) is 4.65. The average molecular weight is 371 g/mol. The van der Waals surface area contributed by atoms with E-state index in [2.05, 4.69) is 44.3 Å². The van der Waals surface area contributed by atoms with Crippen LogP contribution in [0.15, 0.2) is 47.3 Å². The zero-order valence-electron chi connectivity index (χ0n) is 16.3. The number of H-pyrrole nitrogens is 1. The van der Waals surface area contributed by atoms with Crippen molar-refractivity contribution in [1.82, 2.24) is 19.9 Å². The van der Waals surface area contributed by atoms with Gasteiger partial charge in [0.2, 0.25) is 11.9 Å². The number of benzene rings is 2. The first-order valence-electron chi connectivity index (χ1n) is 9.10. The Morgan fingerprint density at radius 1 is 0.857 bits per heavy atom. The third kappa shape index (κ3) is 3.49. The second-order valence-corrected chi connectivity index (χ2v) is 7.08. The van der Waals surface area contributed by atoms with Gasteiger partial charge in [0.05, 0.1) is 16.9 Å². The highest BCUT2D eigenvalue weighted by atomic mass is 16.1. The topological polar surface area (TPSA) is 83.6 Å². The highest BCUT2D eigenvalue weighted by Gasteiger charge is 2.10. The van der Waals surface area contributed by atoms with Crippen molar-refractivity contribution in [3.63, 3.8) is 0 Å². The number of nitrogens with one attached hydrogen (secondary N) is 2. The highest BCUT2D eigenvalue weighted by molar-refractivity contribution is 5.85. The largest absolute Gasteiger partial charge is 0.294 e. The van der Waals surface area contributed by atoms with Crippen molar-refractivity contribution >= 4 is 22.8 Å². The molecule has 0 fully saturated rings. The summed E-state index contributed by atoms with van der Waals surface area (Å²) in [7, 11) is 0. The Balaban J connectivity index is 1.75. The molecule has 140 valence electrons. The summed E-state index contributed by atoms with van der Waals surface area (Å²) in [5.74, 6) is 0.716. The molecule has 4 aromatic rings. The highest BCUT2D eigenvalue weighted by Crippen LogP contribution is 2.23. The SMILES string of the molecule is Cc1ccc(-c2cc(=O)[nH]c(Nc3nc(C)c4cc(C)cc(C)c4n3)n2)cc1. The Morgan fingerprint density at radius 3 is 2.36 bits per heavy atom. The fourth-order valence-corrected chi connectivity index (χ4v) is 3.29. The van der Waals surface area contributed by atoms with Crippen LogP contribution in [0.1, 0.15) is 22.4 Å². The summed E-state index contributed by atoms with van der Waals surface area (Å²) in [6.07, 6.45) is 0. The Bertz CT molecular complexity index is 1240. The van der Waals surface area contributed by atoms with E-state index in [0.717, 1.165) is 33.3 Å². The molecule has 2 aromatic carbocycles. The second-order valence-electron chi connectivity index (χ2n) is 7.08. The molecule has 0 aliphatic heterocycles. The van der Waals surface area contributed by atoms with E-state index in [1.807, 2.05) is 45.0 Å². The molecule has 28 heavy (non-hydrogen) atoms. The van der Waals surface area contributed by atoms with Gasteiger partial charge in [-0.15, -0.1) is 0 Å². The van der Waals surface area contributed by atoms with Gasteiger partial charge in [0.15, 0.2) is 0 Å². The predicted molar refractivity (Wildman–Crippen MR) is 112 cm³/mol. The van der Waals surface area contributed by atoms with Gasteiger partial charge in [-0.1, -0.05) is 41.5 Å². The number of fused-ring (bicyclic) bond motifs is 1. The maximum absolute atomic E-state index is 12.1. The quantitative estimate of drug-likeness (QED) is 0.559. The Morgan fingerprint density at radius 2 is 1.61 bits per heavy atom. The number of rotatable bonds is 3. The first kappa shape index (κ1) is 17.9. The van der Waals surface area contributed by atoms with Gasteiger partial charge in [0, 0.05) is 17.0 Å². The van der Waals surface area contributed by atoms with Crippen molar-refractivity contribution in [3.05, 3.63) is 75.2 Å². The van der Waals surface area contributed by atoms with Crippen LogP contribution in [0.2, 0.25) is 0 Å². The minimum absolute atomic E-state index is 0.239. The third-order valence-corrected chi connectivity index (χ3v) is 4.65. The summed E-state index contributed by atoms with van der Waals surface area (Å²) in [6, 6.07) is 13.5. The van der Waals surface area contributed by atoms with Gasteiger partial charge in [0.1, 0.15) is 0 Å². The molecule has 6 nitrogen and oxygen atoms in total. The molecule has 0 bridgehead atoms. The zero-order valence-corrected chi connectivity index (χ0v) is 16.3. The van der Waals surface area contributed by atoms with E-state index in [9.17, 15) is 4.79 Å². The van der Waals surface area contributed by atoms with Crippen LogP contribution in [0.4, 0.5) is 11.9 Å². The summed E-state index contributed by atoms with van der Waals surface area (Å²) < 4.78 is 0. The molecule has 2 N–H and O–H groups in total. The van der Waals surface area contributed by atoms with Gasteiger partial charge in [-0.2, -0.15) is 0 Å². The van der Waals surface area contributed by atoms with E-state index in [-0.39, 0.29) is 5.56 Å². The van der Waals surface area contributed by atoms with Crippen molar-refractivity contribution < 1.29 is 0 Å². The normalized spacial score (nSPS) is 11.0. The number of hydrogen-bond acceptors (Lipinski definition) is 5. The molecule has 0 amide bonds. The Hall–Kier alpha value is -3.54. The summed E-state index contributed by atoms with van der Waals surface area (Å²) in [4.78, 5) is 28.5.